The minimum Gasteiger partial charge on any atom is -0.508 e. The molecule has 0 unspecified atom stereocenters. The Labute approximate surface area is 228 Å². The smallest absolute Gasteiger partial charge is 0.338 e. The molecule has 0 fully saturated rings. The fraction of sp³-hybridized carbons (Fsp3) is 0.200. The summed E-state index contributed by atoms with van der Waals surface area (Å²) in [6.45, 7) is 0. The van der Waals surface area contributed by atoms with Crippen LogP contribution in [0.5, 0.6) is 51.7 Å². The lowest BCUT2D eigenvalue weighted by Crippen LogP contribution is -2.39. The van der Waals surface area contributed by atoms with Gasteiger partial charge in [0.25, 0.3) is 0 Å². The Morgan fingerprint density at radius 2 is 1.40 bits per heavy atom. The van der Waals surface area contributed by atoms with Gasteiger partial charge in [0.1, 0.15) is 23.3 Å². The van der Waals surface area contributed by atoms with E-state index in [1.807, 2.05) is 0 Å². The monoisotopic (exact) mass is 577 g/mol. The van der Waals surface area contributed by atoms with Crippen LogP contribution in [0.3, 0.4) is 0 Å². The lowest BCUT2D eigenvalue weighted by molar-refractivity contribution is -0.137. The van der Waals surface area contributed by atoms with E-state index in [1.54, 1.807) is 0 Å². The number of phenolic OH excluding ortho intramolecular Hbond substituents is 8. The van der Waals surface area contributed by atoms with E-state index in [0.717, 1.165) is 48.2 Å². The van der Waals surface area contributed by atoms with Gasteiger partial charge < -0.3 is 61.2 Å². The minimum atomic E-state index is -1.50. The van der Waals surface area contributed by atoms with Crippen LogP contribution >= 0.6 is 11.8 Å². The summed E-state index contributed by atoms with van der Waals surface area (Å²) in [5, 5.41) is 88.2. The summed E-state index contributed by atoms with van der Waals surface area (Å²) in [5.74, 6) is -8.78. The standard InChI is InChI=1S/C25H23NO13S/c26-11(24(35)36)7-40-23-18-12(28)5-10(27)6-17(18)38-21(8-1-13(29)19(33)14(30)2-8)22(23)39-25(37)9-3-15(31)20(34)16(32)4-9/h1-6,11,21-23,27-34H,7,26H2,(H,35,36)/t11-,21+,22-,23-/m0/s1. The predicted molar refractivity (Wildman–Crippen MR) is 136 cm³/mol. The van der Waals surface area contributed by atoms with Crippen LogP contribution in [0.25, 0.3) is 0 Å². The van der Waals surface area contributed by atoms with Crippen LogP contribution in [0.2, 0.25) is 0 Å². The molecule has 0 saturated heterocycles. The normalized spacial score (nSPS) is 18.8. The van der Waals surface area contributed by atoms with Crippen molar-refractivity contribution in [2.45, 2.75) is 23.5 Å². The number of carboxylic acid groups (broad SMARTS) is 1. The molecule has 40 heavy (non-hydrogen) atoms. The summed E-state index contributed by atoms with van der Waals surface area (Å²) in [4.78, 5) is 24.6. The molecule has 4 atom stereocenters. The highest BCUT2D eigenvalue weighted by atomic mass is 32.2. The number of aliphatic carboxylic acids is 1. The van der Waals surface area contributed by atoms with Gasteiger partial charge in [0.2, 0.25) is 0 Å². The molecule has 15 heteroatoms. The number of hydrogen-bond donors (Lipinski definition) is 10. The van der Waals surface area contributed by atoms with Crippen LogP contribution in [-0.4, -0.2) is 75.8 Å². The zero-order chi connectivity index (χ0) is 29.5. The number of rotatable bonds is 7. The van der Waals surface area contributed by atoms with E-state index in [4.69, 9.17) is 15.2 Å². The van der Waals surface area contributed by atoms with Crippen molar-refractivity contribution in [1.29, 1.82) is 0 Å². The molecule has 1 aliphatic rings. The highest BCUT2D eigenvalue weighted by molar-refractivity contribution is 7.99. The number of phenols is 8. The van der Waals surface area contributed by atoms with Crippen LogP contribution in [-0.2, 0) is 9.53 Å². The number of ether oxygens (including phenoxy) is 2. The summed E-state index contributed by atoms with van der Waals surface area (Å²) in [7, 11) is 0. The van der Waals surface area contributed by atoms with E-state index in [2.05, 4.69) is 0 Å². The number of carbonyl (C=O) groups excluding carboxylic acids is 1. The third-order valence-electron chi connectivity index (χ3n) is 5.98. The van der Waals surface area contributed by atoms with E-state index in [9.17, 15) is 55.5 Å². The van der Waals surface area contributed by atoms with Crippen molar-refractivity contribution >= 4 is 23.7 Å². The first kappa shape index (κ1) is 28.1. The van der Waals surface area contributed by atoms with Crippen molar-refractivity contribution in [3.8, 4) is 51.7 Å². The number of aromatic hydroxyl groups is 8. The van der Waals surface area contributed by atoms with Gasteiger partial charge in [-0.2, -0.15) is 0 Å². The lowest BCUT2D eigenvalue weighted by Gasteiger charge is -2.39. The largest absolute Gasteiger partial charge is 0.508 e. The van der Waals surface area contributed by atoms with Crippen molar-refractivity contribution in [2.75, 3.05) is 5.75 Å². The van der Waals surface area contributed by atoms with Crippen molar-refractivity contribution in [2.24, 2.45) is 5.73 Å². The highest BCUT2D eigenvalue weighted by Crippen LogP contribution is 2.54. The zero-order valence-electron chi connectivity index (χ0n) is 20.1. The second kappa shape index (κ2) is 10.7. The third kappa shape index (κ3) is 5.32. The number of benzene rings is 3. The number of carbonyl (C=O) groups is 2. The van der Waals surface area contributed by atoms with Gasteiger partial charge in [-0.05, 0) is 24.3 Å². The Hall–Kier alpha value is -4.89. The van der Waals surface area contributed by atoms with Gasteiger partial charge in [0, 0.05) is 23.4 Å². The van der Waals surface area contributed by atoms with Crippen molar-refractivity contribution < 1.29 is 65.0 Å². The summed E-state index contributed by atoms with van der Waals surface area (Å²) in [6.07, 6.45) is -2.92. The molecule has 0 amide bonds. The fourth-order valence-corrected chi connectivity index (χ4v) is 5.40. The fourth-order valence-electron chi connectivity index (χ4n) is 4.05. The molecule has 0 bridgehead atoms. The second-order valence-corrected chi connectivity index (χ2v) is 9.93. The van der Waals surface area contributed by atoms with Gasteiger partial charge in [0.15, 0.2) is 46.7 Å². The number of esters is 1. The Morgan fingerprint density at radius 1 is 0.850 bits per heavy atom. The number of fused-ring (bicyclic) bond motifs is 1. The molecule has 0 saturated carbocycles. The molecule has 212 valence electrons. The summed E-state index contributed by atoms with van der Waals surface area (Å²) in [6, 6.07) is 4.31. The topological polar surface area (TPSA) is 261 Å². The highest BCUT2D eigenvalue weighted by Gasteiger charge is 2.45. The summed E-state index contributed by atoms with van der Waals surface area (Å²) >= 11 is 0.843. The molecule has 4 rings (SSSR count). The van der Waals surface area contributed by atoms with Crippen molar-refractivity contribution in [3.63, 3.8) is 0 Å². The summed E-state index contributed by atoms with van der Waals surface area (Å²) < 4.78 is 11.6. The van der Waals surface area contributed by atoms with E-state index in [-0.39, 0.29) is 22.6 Å². The predicted octanol–water partition coefficient (Wildman–Crippen LogP) is 1.88. The Morgan fingerprint density at radius 3 is 1.95 bits per heavy atom. The lowest BCUT2D eigenvalue weighted by atomic mass is 9.92. The first-order chi connectivity index (χ1) is 18.8. The van der Waals surface area contributed by atoms with Crippen LogP contribution < -0.4 is 10.5 Å². The van der Waals surface area contributed by atoms with Gasteiger partial charge in [-0.1, -0.05) is 0 Å². The third-order valence-corrected chi connectivity index (χ3v) is 7.40. The van der Waals surface area contributed by atoms with Crippen molar-refractivity contribution in [1.82, 2.24) is 0 Å². The van der Waals surface area contributed by atoms with Crippen LogP contribution in [0.15, 0.2) is 36.4 Å². The van der Waals surface area contributed by atoms with E-state index >= 15 is 0 Å². The Bertz CT molecular complexity index is 1450. The first-order valence-corrected chi connectivity index (χ1v) is 12.4. The average molecular weight is 578 g/mol. The molecule has 0 radical (unpaired) electrons. The molecule has 0 aliphatic carbocycles. The maximum absolute atomic E-state index is 13.2. The maximum Gasteiger partial charge on any atom is 0.338 e. The quantitative estimate of drug-likeness (QED) is 0.142. The number of hydrogen-bond acceptors (Lipinski definition) is 14. The molecule has 14 nitrogen and oxygen atoms in total. The maximum atomic E-state index is 13.2. The number of carboxylic acids is 1. The van der Waals surface area contributed by atoms with Crippen LogP contribution in [0.4, 0.5) is 0 Å². The number of thioether (sulfide) groups is 1. The molecule has 1 heterocycles. The molecular weight excluding hydrogens is 554 g/mol. The van der Waals surface area contributed by atoms with Crippen molar-refractivity contribution in [3.05, 3.63) is 53.1 Å². The van der Waals surface area contributed by atoms with E-state index in [1.165, 1.54) is 0 Å². The minimum absolute atomic E-state index is 0.0157. The van der Waals surface area contributed by atoms with Gasteiger partial charge in [-0.15, -0.1) is 11.8 Å². The number of nitrogens with two attached hydrogens (primary N) is 1. The zero-order valence-corrected chi connectivity index (χ0v) is 20.9. The van der Waals surface area contributed by atoms with Crippen LogP contribution in [0.1, 0.15) is 32.8 Å². The molecule has 3 aromatic rings. The Kier molecular flexibility index (Phi) is 7.53. The van der Waals surface area contributed by atoms with E-state index in [0.29, 0.717) is 0 Å². The van der Waals surface area contributed by atoms with Gasteiger partial charge in [-0.3, -0.25) is 4.79 Å². The molecule has 0 aromatic heterocycles. The van der Waals surface area contributed by atoms with E-state index < -0.39 is 87.0 Å². The SMILES string of the molecule is N[C@@H](CS[C@H]1c2c(O)cc(O)cc2O[C@H](c2cc(O)c(O)c(O)c2)[C@@H]1OC(=O)c1cc(O)c(O)c(O)c1)C(=O)O. The molecule has 0 spiro atoms. The van der Waals surface area contributed by atoms with Gasteiger partial charge in [-0.25, -0.2) is 4.79 Å². The second-order valence-electron chi connectivity index (χ2n) is 8.75. The van der Waals surface area contributed by atoms with Gasteiger partial charge in [0.05, 0.1) is 16.4 Å². The summed E-state index contributed by atoms with van der Waals surface area (Å²) in [5.41, 5.74) is 5.18. The molecule has 3 aromatic carbocycles. The van der Waals surface area contributed by atoms with Crippen LogP contribution in [0, 0.1) is 0 Å². The molecular formula is C25H23NO13S. The Balaban J connectivity index is 1.87. The average Bonchev–Trinajstić information content (AvgIpc) is 2.88. The first-order valence-electron chi connectivity index (χ1n) is 11.3. The molecule has 11 N–H and O–H groups in total. The van der Waals surface area contributed by atoms with Gasteiger partial charge >= 0.3 is 11.9 Å². The molecule has 1 aliphatic heterocycles.